The summed E-state index contributed by atoms with van der Waals surface area (Å²) in [6.07, 6.45) is 3.22. The molecule has 1 atom stereocenters. The molecule has 0 saturated carbocycles. The Balaban J connectivity index is 2.34. The first kappa shape index (κ1) is 8.97. The van der Waals surface area contributed by atoms with Crippen molar-refractivity contribution in [2.45, 2.75) is 18.9 Å². The summed E-state index contributed by atoms with van der Waals surface area (Å²) in [7, 11) is 1.66. The first-order valence-corrected chi connectivity index (χ1v) is 4.57. The summed E-state index contributed by atoms with van der Waals surface area (Å²) in [5.41, 5.74) is 2.41. The van der Waals surface area contributed by atoms with E-state index in [4.69, 9.17) is 4.74 Å². The van der Waals surface area contributed by atoms with Gasteiger partial charge in [0.05, 0.1) is 13.2 Å². The van der Waals surface area contributed by atoms with Crippen LogP contribution in [0.2, 0.25) is 0 Å². The molecule has 0 N–H and O–H groups in total. The summed E-state index contributed by atoms with van der Waals surface area (Å²) in [4.78, 5) is 13.9. The van der Waals surface area contributed by atoms with Crippen LogP contribution in [0.3, 0.4) is 0 Å². The molecule has 3 nitrogen and oxygen atoms in total. The van der Waals surface area contributed by atoms with Crippen molar-refractivity contribution in [2.75, 3.05) is 7.11 Å². The van der Waals surface area contributed by atoms with Crippen molar-refractivity contribution in [3.8, 4) is 5.75 Å². The van der Waals surface area contributed by atoms with Crippen molar-refractivity contribution in [2.24, 2.45) is 4.99 Å². The van der Waals surface area contributed by atoms with Gasteiger partial charge in [-0.1, -0.05) is 12.1 Å². The fourth-order valence-electron chi connectivity index (χ4n) is 1.95. The highest BCUT2D eigenvalue weighted by Gasteiger charge is 2.23. The minimum absolute atomic E-state index is 0.0544. The van der Waals surface area contributed by atoms with Gasteiger partial charge in [-0.25, -0.2) is 9.79 Å². The lowest BCUT2D eigenvalue weighted by molar-refractivity contribution is 0.410. The molecule has 0 spiro atoms. The van der Waals surface area contributed by atoms with Crippen molar-refractivity contribution in [1.82, 2.24) is 0 Å². The summed E-state index contributed by atoms with van der Waals surface area (Å²) < 4.78 is 5.24. The van der Waals surface area contributed by atoms with E-state index in [1.165, 1.54) is 11.1 Å². The molecule has 0 radical (unpaired) electrons. The lowest BCUT2D eigenvalue weighted by atomic mass is 10.1. The van der Waals surface area contributed by atoms with E-state index in [-0.39, 0.29) is 6.04 Å². The molecule has 1 aromatic rings. The fourth-order valence-corrected chi connectivity index (χ4v) is 1.95. The minimum atomic E-state index is 0.0544. The van der Waals surface area contributed by atoms with Crippen LogP contribution in [0.1, 0.15) is 11.1 Å². The molecule has 0 saturated heterocycles. The highest BCUT2D eigenvalue weighted by molar-refractivity contribution is 5.45. The van der Waals surface area contributed by atoms with E-state index in [2.05, 4.69) is 11.1 Å². The normalized spacial score (nSPS) is 18.5. The maximum Gasteiger partial charge on any atom is 0.235 e. The number of benzene rings is 1. The number of fused-ring (bicyclic) bond motifs is 1. The molecule has 3 heteroatoms. The Bertz CT molecular complexity index is 394. The average Bonchev–Trinajstić information content (AvgIpc) is 2.60. The van der Waals surface area contributed by atoms with Crippen LogP contribution < -0.4 is 4.74 Å². The topological polar surface area (TPSA) is 38.7 Å². The zero-order valence-corrected chi connectivity index (χ0v) is 7.99. The van der Waals surface area contributed by atoms with Crippen molar-refractivity contribution >= 4 is 6.08 Å². The Morgan fingerprint density at radius 2 is 2.36 bits per heavy atom. The molecular weight excluding hydrogens is 178 g/mol. The number of methoxy groups -OCH3 is 1. The molecule has 72 valence electrons. The quantitative estimate of drug-likeness (QED) is 0.522. The standard InChI is InChI=1S/C11H11NO2/c1-14-11-4-2-3-8-5-9(12-7-13)6-10(8)11/h2-4,9H,5-6H2,1H3. The summed E-state index contributed by atoms with van der Waals surface area (Å²) in [6, 6.07) is 6.01. The van der Waals surface area contributed by atoms with Crippen LogP contribution in [-0.4, -0.2) is 19.2 Å². The van der Waals surface area contributed by atoms with E-state index in [1.807, 2.05) is 12.1 Å². The molecule has 1 unspecified atom stereocenters. The molecule has 0 fully saturated rings. The van der Waals surface area contributed by atoms with Gasteiger partial charge in [0, 0.05) is 0 Å². The first-order chi connectivity index (χ1) is 6.85. The zero-order chi connectivity index (χ0) is 9.97. The van der Waals surface area contributed by atoms with E-state index < -0.39 is 0 Å². The molecule has 0 bridgehead atoms. The molecule has 1 aliphatic rings. The maximum absolute atomic E-state index is 10.1. The second-order valence-corrected chi connectivity index (χ2v) is 3.38. The highest BCUT2D eigenvalue weighted by Crippen LogP contribution is 2.31. The van der Waals surface area contributed by atoms with Gasteiger partial charge in [0.2, 0.25) is 6.08 Å². The van der Waals surface area contributed by atoms with E-state index >= 15 is 0 Å². The van der Waals surface area contributed by atoms with Gasteiger partial charge in [-0.15, -0.1) is 0 Å². The van der Waals surface area contributed by atoms with Gasteiger partial charge < -0.3 is 4.74 Å². The Labute approximate surface area is 82.4 Å². The molecule has 1 aliphatic carbocycles. The van der Waals surface area contributed by atoms with Gasteiger partial charge in [-0.3, -0.25) is 0 Å². The second-order valence-electron chi connectivity index (χ2n) is 3.38. The highest BCUT2D eigenvalue weighted by atomic mass is 16.5. The van der Waals surface area contributed by atoms with E-state index in [0.29, 0.717) is 0 Å². The molecular formula is C11H11NO2. The van der Waals surface area contributed by atoms with E-state index in [0.717, 1.165) is 18.6 Å². The van der Waals surface area contributed by atoms with E-state index in [9.17, 15) is 4.79 Å². The number of rotatable bonds is 2. The van der Waals surface area contributed by atoms with Crippen LogP contribution in [0, 0.1) is 0 Å². The van der Waals surface area contributed by atoms with E-state index in [1.54, 1.807) is 13.2 Å². The second kappa shape index (κ2) is 3.64. The predicted molar refractivity (Wildman–Crippen MR) is 52.3 cm³/mol. The molecule has 0 heterocycles. The summed E-state index contributed by atoms with van der Waals surface area (Å²) in [6.45, 7) is 0. The van der Waals surface area contributed by atoms with Crippen molar-refractivity contribution < 1.29 is 9.53 Å². The van der Waals surface area contributed by atoms with Crippen LogP contribution in [0.4, 0.5) is 0 Å². The Kier molecular flexibility index (Phi) is 2.33. The predicted octanol–water partition coefficient (Wildman–Crippen LogP) is 1.50. The zero-order valence-electron chi connectivity index (χ0n) is 7.99. The fraction of sp³-hybridized carbons (Fsp3) is 0.364. The Morgan fingerprint density at radius 1 is 1.50 bits per heavy atom. The van der Waals surface area contributed by atoms with Gasteiger partial charge >= 0.3 is 0 Å². The van der Waals surface area contributed by atoms with Crippen molar-refractivity contribution in [3.05, 3.63) is 29.3 Å². The van der Waals surface area contributed by atoms with Crippen molar-refractivity contribution in [1.29, 1.82) is 0 Å². The molecule has 1 aromatic carbocycles. The number of aliphatic imine (C=N–C) groups is 1. The summed E-state index contributed by atoms with van der Waals surface area (Å²) in [5, 5.41) is 0. The SMILES string of the molecule is COc1cccc2c1CC(N=C=O)C2. The van der Waals surface area contributed by atoms with Crippen LogP contribution in [0.5, 0.6) is 5.75 Å². The number of carbonyl (C=O) groups excluding carboxylic acids is 1. The lowest BCUT2D eigenvalue weighted by Gasteiger charge is -2.05. The summed E-state index contributed by atoms with van der Waals surface area (Å²) >= 11 is 0. The minimum Gasteiger partial charge on any atom is -0.496 e. The van der Waals surface area contributed by atoms with Gasteiger partial charge in [0.15, 0.2) is 0 Å². The first-order valence-electron chi connectivity index (χ1n) is 4.57. The Hall–Kier alpha value is -1.60. The van der Waals surface area contributed by atoms with Gasteiger partial charge in [0.25, 0.3) is 0 Å². The number of isocyanates is 1. The van der Waals surface area contributed by atoms with Gasteiger partial charge in [-0.05, 0) is 30.0 Å². The third-order valence-electron chi connectivity index (χ3n) is 2.58. The van der Waals surface area contributed by atoms with Crippen LogP contribution in [0.25, 0.3) is 0 Å². The largest absolute Gasteiger partial charge is 0.496 e. The van der Waals surface area contributed by atoms with Gasteiger partial charge in [-0.2, -0.15) is 0 Å². The summed E-state index contributed by atoms with van der Waals surface area (Å²) in [5.74, 6) is 0.895. The van der Waals surface area contributed by atoms with Crippen LogP contribution >= 0.6 is 0 Å². The third-order valence-corrected chi connectivity index (χ3v) is 2.58. The average molecular weight is 189 g/mol. The molecule has 2 rings (SSSR count). The monoisotopic (exact) mass is 189 g/mol. The lowest BCUT2D eigenvalue weighted by Crippen LogP contribution is -2.02. The number of hydrogen-bond acceptors (Lipinski definition) is 3. The van der Waals surface area contributed by atoms with Crippen molar-refractivity contribution in [3.63, 3.8) is 0 Å². The smallest absolute Gasteiger partial charge is 0.235 e. The Morgan fingerprint density at radius 3 is 3.07 bits per heavy atom. The molecule has 14 heavy (non-hydrogen) atoms. The molecule has 0 aliphatic heterocycles. The van der Waals surface area contributed by atoms with Crippen LogP contribution in [-0.2, 0) is 17.6 Å². The van der Waals surface area contributed by atoms with Crippen LogP contribution in [0.15, 0.2) is 23.2 Å². The number of hydrogen-bond donors (Lipinski definition) is 0. The van der Waals surface area contributed by atoms with Gasteiger partial charge in [0.1, 0.15) is 5.75 Å². The number of ether oxygens (including phenoxy) is 1. The molecule has 0 aromatic heterocycles. The number of nitrogens with zero attached hydrogens (tertiary/aromatic N) is 1. The third kappa shape index (κ3) is 1.42. The maximum atomic E-state index is 10.1. The molecule has 0 amide bonds.